The molecule has 0 aliphatic carbocycles. The van der Waals surface area contributed by atoms with Gasteiger partial charge in [0.1, 0.15) is 18.8 Å². The third-order valence-electron chi connectivity index (χ3n) is 6.10. The van der Waals surface area contributed by atoms with Crippen molar-refractivity contribution in [1.82, 2.24) is 0 Å². The van der Waals surface area contributed by atoms with Crippen LogP contribution in [0.4, 0.5) is 0 Å². The molecule has 0 saturated heterocycles. The summed E-state index contributed by atoms with van der Waals surface area (Å²) < 4.78 is 19.4. The van der Waals surface area contributed by atoms with Gasteiger partial charge in [0, 0.05) is 11.1 Å². The van der Waals surface area contributed by atoms with Gasteiger partial charge in [0.05, 0.1) is 6.10 Å². The minimum atomic E-state index is -0.740. The van der Waals surface area contributed by atoms with E-state index in [0.717, 1.165) is 40.7 Å². The molecule has 0 saturated carbocycles. The Hall–Kier alpha value is -3.24. The Morgan fingerprint density at radius 1 is 0.941 bits per heavy atom. The highest BCUT2D eigenvalue weighted by Gasteiger charge is 2.35. The number of allylic oxidation sites excluding steroid dienone is 1. The summed E-state index contributed by atoms with van der Waals surface area (Å²) in [7, 11) is 0. The molecule has 3 aromatic rings. The quantitative estimate of drug-likeness (QED) is 0.393. The van der Waals surface area contributed by atoms with Crippen LogP contribution in [0.5, 0.6) is 17.2 Å². The highest BCUT2D eigenvalue weighted by Crippen LogP contribution is 2.52. The van der Waals surface area contributed by atoms with Crippen LogP contribution >= 0.6 is 0 Å². The minimum absolute atomic E-state index is 0.325. The van der Waals surface area contributed by atoms with Crippen molar-refractivity contribution in [2.24, 2.45) is 0 Å². The molecule has 1 N–H and O–H groups in total. The molecule has 4 heteroatoms. The monoisotopic (exact) mass is 458 g/mol. The van der Waals surface area contributed by atoms with Gasteiger partial charge >= 0.3 is 0 Å². The van der Waals surface area contributed by atoms with Crippen molar-refractivity contribution in [3.05, 3.63) is 94.6 Å². The molecular formula is C30H34O4. The molecule has 34 heavy (non-hydrogen) atoms. The zero-order valence-corrected chi connectivity index (χ0v) is 20.5. The third kappa shape index (κ3) is 5.28. The number of aliphatic hydroxyl groups excluding tert-OH is 1. The highest BCUT2D eigenvalue weighted by molar-refractivity contribution is 5.73. The van der Waals surface area contributed by atoms with Crippen LogP contribution < -0.4 is 14.2 Å². The Bertz CT molecular complexity index is 1130. The molecule has 0 bridgehead atoms. The van der Waals surface area contributed by atoms with Gasteiger partial charge < -0.3 is 19.3 Å². The first-order chi connectivity index (χ1) is 16.4. The van der Waals surface area contributed by atoms with E-state index in [1.165, 1.54) is 0 Å². The lowest BCUT2D eigenvalue weighted by Gasteiger charge is -2.36. The van der Waals surface area contributed by atoms with Crippen LogP contribution in [0.2, 0.25) is 0 Å². The van der Waals surface area contributed by atoms with E-state index < -0.39 is 6.10 Å². The average molecular weight is 459 g/mol. The molecule has 4 rings (SSSR count). The zero-order chi connectivity index (χ0) is 24.1. The Morgan fingerprint density at radius 2 is 1.50 bits per heavy atom. The molecule has 0 spiro atoms. The van der Waals surface area contributed by atoms with Crippen molar-refractivity contribution in [1.29, 1.82) is 0 Å². The van der Waals surface area contributed by atoms with Gasteiger partial charge in [0.2, 0.25) is 5.75 Å². The van der Waals surface area contributed by atoms with Crippen molar-refractivity contribution in [2.75, 3.05) is 0 Å². The van der Waals surface area contributed by atoms with Gasteiger partial charge in [-0.2, -0.15) is 0 Å². The van der Waals surface area contributed by atoms with E-state index in [2.05, 4.69) is 13.8 Å². The maximum Gasteiger partial charge on any atom is 0.204 e. The van der Waals surface area contributed by atoms with Crippen molar-refractivity contribution < 1.29 is 19.3 Å². The molecule has 4 nitrogen and oxygen atoms in total. The van der Waals surface area contributed by atoms with E-state index in [9.17, 15) is 5.11 Å². The fourth-order valence-electron chi connectivity index (χ4n) is 4.38. The van der Waals surface area contributed by atoms with Gasteiger partial charge in [-0.15, -0.1) is 0 Å². The first-order valence-corrected chi connectivity index (χ1v) is 12.0. The highest BCUT2D eigenvalue weighted by atomic mass is 16.6. The second-order valence-corrected chi connectivity index (χ2v) is 9.38. The van der Waals surface area contributed by atoms with Gasteiger partial charge in [-0.3, -0.25) is 0 Å². The molecule has 1 aliphatic rings. The molecule has 0 radical (unpaired) electrons. The van der Waals surface area contributed by atoms with Crippen LogP contribution in [-0.4, -0.2) is 10.7 Å². The minimum Gasteiger partial charge on any atom is -0.484 e. The molecule has 178 valence electrons. The number of ether oxygens (including phenoxy) is 3. The van der Waals surface area contributed by atoms with Crippen LogP contribution in [0, 0.1) is 0 Å². The van der Waals surface area contributed by atoms with E-state index in [-0.39, 0.29) is 5.60 Å². The standard InChI is InChI=1S/C30H34O4/c1-5-12-24-25-17-18-30(3,4)34-27(25)29(33-20-23-15-10-7-11-16-23)28(26(24)21(2)31)32-19-22-13-8-6-9-14-22/h5-16,21,31H,17-20H2,1-4H3/b12-5+. The second kappa shape index (κ2) is 10.4. The van der Waals surface area contributed by atoms with Crippen molar-refractivity contribution >= 4 is 6.08 Å². The van der Waals surface area contributed by atoms with E-state index >= 15 is 0 Å². The average Bonchev–Trinajstić information content (AvgIpc) is 2.82. The van der Waals surface area contributed by atoms with Gasteiger partial charge in [-0.1, -0.05) is 72.8 Å². The molecule has 1 aliphatic heterocycles. The molecule has 1 unspecified atom stereocenters. The summed E-state index contributed by atoms with van der Waals surface area (Å²) in [6, 6.07) is 20.1. The Labute approximate surface area is 202 Å². The number of aliphatic hydroxyl groups is 1. The normalized spacial score (nSPS) is 15.4. The predicted octanol–water partition coefficient (Wildman–Crippen LogP) is 7.03. The summed E-state index contributed by atoms with van der Waals surface area (Å²) in [6.07, 6.45) is 5.01. The fraction of sp³-hybridized carbons (Fsp3) is 0.333. The van der Waals surface area contributed by atoms with Crippen molar-refractivity contribution in [2.45, 2.75) is 65.5 Å². The molecular weight excluding hydrogens is 424 g/mol. The smallest absolute Gasteiger partial charge is 0.204 e. The van der Waals surface area contributed by atoms with E-state index in [1.54, 1.807) is 6.92 Å². The predicted molar refractivity (Wildman–Crippen MR) is 136 cm³/mol. The van der Waals surface area contributed by atoms with Crippen LogP contribution in [0.1, 0.15) is 68.0 Å². The summed E-state index contributed by atoms with van der Waals surface area (Å²) >= 11 is 0. The number of rotatable bonds is 8. The van der Waals surface area contributed by atoms with Gasteiger partial charge in [0.25, 0.3) is 0 Å². The molecule has 3 aromatic carbocycles. The Kier molecular flexibility index (Phi) is 7.28. The summed E-state index contributed by atoms with van der Waals surface area (Å²) in [5, 5.41) is 10.9. The number of hydrogen-bond donors (Lipinski definition) is 1. The first kappa shape index (κ1) is 23.9. The number of fused-ring (bicyclic) bond motifs is 1. The van der Waals surface area contributed by atoms with Gasteiger partial charge in [-0.25, -0.2) is 0 Å². The molecule has 0 aromatic heterocycles. The van der Waals surface area contributed by atoms with E-state index in [1.807, 2.05) is 79.7 Å². The molecule has 1 heterocycles. The van der Waals surface area contributed by atoms with Crippen LogP contribution in [0.15, 0.2) is 66.7 Å². The third-order valence-corrected chi connectivity index (χ3v) is 6.10. The lowest BCUT2D eigenvalue weighted by molar-refractivity contribution is 0.0766. The zero-order valence-electron chi connectivity index (χ0n) is 20.5. The van der Waals surface area contributed by atoms with Crippen molar-refractivity contribution in [3.8, 4) is 17.2 Å². The maximum atomic E-state index is 10.9. The van der Waals surface area contributed by atoms with E-state index in [0.29, 0.717) is 30.5 Å². The number of benzene rings is 3. The molecule has 1 atom stereocenters. The Balaban J connectivity index is 1.87. The number of hydrogen-bond acceptors (Lipinski definition) is 4. The first-order valence-electron chi connectivity index (χ1n) is 12.0. The van der Waals surface area contributed by atoms with E-state index in [4.69, 9.17) is 14.2 Å². The largest absolute Gasteiger partial charge is 0.484 e. The maximum absolute atomic E-state index is 10.9. The molecule has 0 fully saturated rings. The Morgan fingerprint density at radius 3 is 2.03 bits per heavy atom. The van der Waals surface area contributed by atoms with Gasteiger partial charge in [0.15, 0.2) is 11.5 Å². The lowest BCUT2D eigenvalue weighted by Crippen LogP contribution is -2.33. The second-order valence-electron chi connectivity index (χ2n) is 9.38. The van der Waals surface area contributed by atoms with Crippen LogP contribution in [-0.2, 0) is 19.6 Å². The van der Waals surface area contributed by atoms with Crippen LogP contribution in [0.3, 0.4) is 0 Å². The van der Waals surface area contributed by atoms with Crippen molar-refractivity contribution in [3.63, 3.8) is 0 Å². The fourth-order valence-corrected chi connectivity index (χ4v) is 4.38. The summed E-state index contributed by atoms with van der Waals surface area (Å²) in [5.41, 5.74) is 4.52. The lowest BCUT2D eigenvalue weighted by atomic mass is 9.87. The summed E-state index contributed by atoms with van der Waals surface area (Å²) in [4.78, 5) is 0. The summed E-state index contributed by atoms with van der Waals surface area (Å²) in [6.45, 7) is 8.69. The topological polar surface area (TPSA) is 47.9 Å². The van der Waals surface area contributed by atoms with Gasteiger partial charge in [-0.05, 0) is 57.2 Å². The van der Waals surface area contributed by atoms with Crippen LogP contribution in [0.25, 0.3) is 6.08 Å². The summed E-state index contributed by atoms with van der Waals surface area (Å²) in [5.74, 6) is 1.82. The SMILES string of the molecule is C/C=C/c1c2c(c(OCc3ccccc3)c(OCc3ccccc3)c1C(C)O)OC(C)(C)CC2. The molecule has 0 amide bonds.